The second-order valence-electron chi connectivity index (χ2n) is 3.61. The minimum Gasteiger partial charge on any atom is -0.478 e. The van der Waals surface area contributed by atoms with Gasteiger partial charge in [-0.05, 0) is 62.8 Å². The number of hydrogen-bond acceptors (Lipinski definition) is 3. The van der Waals surface area contributed by atoms with Gasteiger partial charge in [0.15, 0.2) is 0 Å². The predicted molar refractivity (Wildman–Crippen MR) is 86.3 cm³/mol. The van der Waals surface area contributed by atoms with Crippen molar-refractivity contribution in [3.8, 4) is 0 Å². The number of hydrogen-bond donors (Lipinski definition) is 2. The van der Waals surface area contributed by atoms with Crippen LogP contribution in [-0.4, -0.2) is 16.1 Å². The van der Waals surface area contributed by atoms with Crippen LogP contribution in [0, 0.1) is 3.57 Å². The lowest BCUT2D eigenvalue weighted by Gasteiger charge is -2.08. The number of carboxylic acid groups (broad SMARTS) is 1. The molecule has 7 heteroatoms. The lowest BCUT2D eigenvalue weighted by molar-refractivity contribution is 0.0697. The molecule has 1 aromatic carbocycles. The Kier molecular flexibility index (Phi) is 4.64. The summed E-state index contributed by atoms with van der Waals surface area (Å²) in [6, 6.07) is 7.10. The standard InChI is InChI=1S/C12H7BrClIN2O2/c13-8-3-6(1-2-10(8)15)17-11-4-7(12(18)19)9(14)5-16-11/h1-5H,(H,16,17)(H,18,19). The summed E-state index contributed by atoms with van der Waals surface area (Å²) in [6.45, 7) is 0. The van der Waals surface area contributed by atoms with Gasteiger partial charge in [-0.15, -0.1) is 0 Å². The number of nitrogens with zero attached hydrogens (tertiary/aromatic N) is 1. The first-order chi connectivity index (χ1) is 8.97. The molecule has 2 rings (SSSR count). The number of rotatable bonds is 3. The predicted octanol–water partition coefficient (Wildman–Crippen LogP) is 4.54. The van der Waals surface area contributed by atoms with E-state index in [4.69, 9.17) is 16.7 Å². The third kappa shape index (κ3) is 3.58. The number of carbonyl (C=O) groups is 1. The quantitative estimate of drug-likeness (QED) is 0.670. The highest BCUT2D eigenvalue weighted by atomic mass is 127. The van der Waals surface area contributed by atoms with E-state index in [0.29, 0.717) is 5.82 Å². The van der Waals surface area contributed by atoms with Crippen LogP contribution in [0.25, 0.3) is 0 Å². The molecule has 0 radical (unpaired) electrons. The van der Waals surface area contributed by atoms with Gasteiger partial charge in [-0.2, -0.15) is 0 Å². The van der Waals surface area contributed by atoms with Gasteiger partial charge in [-0.1, -0.05) is 11.6 Å². The van der Waals surface area contributed by atoms with Gasteiger partial charge in [0, 0.05) is 19.9 Å². The molecule has 0 saturated heterocycles. The molecular weight excluding hydrogens is 446 g/mol. The number of nitrogens with one attached hydrogen (secondary N) is 1. The molecule has 2 N–H and O–H groups in total. The Hall–Kier alpha value is -0.860. The molecule has 0 bridgehead atoms. The molecule has 2 aromatic rings. The molecule has 0 amide bonds. The maximum Gasteiger partial charge on any atom is 0.337 e. The molecule has 4 nitrogen and oxygen atoms in total. The van der Waals surface area contributed by atoms with E-state index >= 15 is 0 Å². The van der Waals surface area contributed by atoms with E-state index in [9.17, 15) is 4.79 Å². The van der Waals surface area contributed by atoms with Crippen LogP contribution in [0.4, 0.5) is 11.5 Å². The zero-order valence-electron chi connectivity index (χ0n) is 9.32. The Morgan fingerprint density at radius 1 is 1.42 bits per heavy atom. The molecule has 0 aliphatic carbocycles. The minimum atomic E-state index is -1.08. The van der Waals surface area contributed by atoms with Crippen LogP contribution >= 0.6 is 50.1 Å². The maximum absolute atomic E-state index is 11.0. The fourth-order valence-corrected chi connectivity index (χ4v) is 2.29. The van der Waals surface area contributed by atoms with Crippen LogP contribution < -0.4 is 5.32 Å². The third-order valence-electron chi connectivity index (χ3n) is 2.28. The second kappa shape index (κ2) is 6.06. The molecule has 0 unspecified atom stereocenters. The summed E-state index contributed by atoms with van der Waals surface area (Å²) in [7, 11) is 0. The first-order valence-corrected chi connectivity index (χ1v) is 7.33. The molecule has 0 saturated carbocycles. The molecular formula is C12H7BrClIN2O2. The topological polar surface area (TPSA) is 62.2 Å². The van der Waals surface area contributed by atoms with Crippen LogP contribution in [0.15, 0.2) is 34.9 Å². The molecule has 1 heterocycles. The van der Waals surface area contributed by atoms with Crippen molar-refractivity contribution in [2.45, 2.75) is 0 Å². The lowest BCUT2D eigenvalue weighted by atomic mass is 10.2. The molecule has 0 fully saturated rings. The van der Waals surface area contributed by atoms with Crippen molar-refractivity contribution in [2.24, 2.45) is 0 Å². The van der Waals surface area contributed by atoms with E-state index < -0.39 is 5.97 Å². The van der Waals surface area contributed by atoms with E-state index in [1.165, 1.54) is 12.3 Å². The summed E-state index contributed by atoms with van der Waals surface area (Å²) < 4.78 is 2.03. The van der Waals surface area contributed by atoms with Crippen LogP contribution in [0.3, 0.4) is 0 Å². The maximum atomic E-state index is 11.0. The van der Waals surface area contributed by atoms with E-state index in [1.54, 1.807) is 0 Å². The van der Waals surface area contributed by atoms with Gasteiger partial charge in [0.05, 0.1) is 10.6 Å². The average Bonchev–Trinajstić information content (AvgIpc) is 2.36. The van der Waals surface area contributed by atoms with Crippen LogP contribution in [-0.2, 0) is 0 Å². The number of anilines is 2. The highest BCUT2D eigenvalue weighted by molar-refractivity contribution is 14.1. The molecule has 19 heavy (non-hydrogen) atoms. The summed E-state index contributed by atoms with van der Waals surface area (Å²) in [5.74, 6) is -0.658. The van der Waals surface area contributed by atoms with Gasteiger partial charge in [0.2, 0.25) is 0 Å². The molecule has 0 aliphatic rings. The van der Waals surface area contributed by atoms with Crippen LogP contribution in [0.2, 0.25) is 5.02 Å². The van der Waals surface area contributed by atoms with Crippen molar-refractivity contribution in [3.05, 3.63) is 49.1 Å². The minimum absolute atomic E-state index is 0.0174. The number of aromatic carboxylic acids is 1. The smallest absolute Gasteiger partial charge is 0.337 e. The van der Waals surface area contributed by atoms with Crippen LogP contribution in [0.5, 0.6) is 0 Å². The van der Waals surface area contributed by atoms with E-state index in [2.05, 4.69) is 48.8 Å². The largest absolute Gasteiger partial charge is 0.478 e. The van der Waals surface area contributed by atoms with Gasteiger partial charge >= 0.3 is 5.97 Å². The Morgan fingerprint density at radius 3 is 2.79 bits per heavy atom. The lowest BCUT2D eigenvalue weighted by Crippen LogP contribution is -2.01. The fourth-order valence-electron chi connectivity index (χ4n) is 1.39. The molecule has 0 atom stereocenters. The second-order valence-corrected chi connectivity index (χ2v) is 6.03. The summed E-state index contributed by atoms with van der Waals surface area (Å²) in [4.78, 5) is 15.0. The molecule has 0 spiro atoms. The number of carboxylic acids is 1. The number of benzene rings is 1. The molecule has 0 aliphatic heterocycles. The van der Waals surface area contributed by atoms with E-state index in [1.807, 2.05) is 18.2 Å². The Morgan fingerprint density at radius 2 is 2.16 bits per heavy atom. The van der Waals surface area contributed by atoms with Crippen molar-refractivity contribution < 1.29 is 9.90 Å². The normalized spacial score (nSPS) is 10.3. The van der Waals surface area contributed by atoms with Crippen molar-refractivity contribution in [3.63, 3.8) is 0 Å². The summed E-state index contributed by atoms with van der Waals surface area (Å²) in [5, 5.41) is 12.1. The SMILES string of the molecule is O=C(O)c1cc(Nc2ccc(I)c(Br)c2)ncc1Cl. The fraction of sp³-hybridized carbons (Fsp3) is 0. The zero-order valence-corrected chi connectivity index (χ0v) is 13.8. The summed E-state index contributed by atoms with van der Waals surface area (Å²) >= 11 is 11.4. The van der Waals surface area contributed by atoms with Gasteiger partial charge in [0.25, 0.3) is 0 Å². The van der Waals surface area contributed by atoms with Gasteiger partial charge in [-0.25, -0.2) is 9.78 Å². The summed E-state index contributed by atoms with van der Waals surface area (Å²) in [6.07, 6.45) is 1.31. The Balaban J connectivity index is 2.30. The highest BCUT2D eigenvalue weighted by Gasteiger charge is 2.10. The van der Waals surface area contributed by atoms with Crippen molar-refractivity contribution in [1.82, 2.24) is 4.98 Å². The first kappa shape index (κ1) is 14.5. The van der Waals surface area contributed by atoms with Gasteiger partial charge < -0.3 is 10.4 Å². The van der Waals surface area contributed by atoms with Gasteiger partial charge in [0.1, 0.15) is 5.82 Å². The Labute approximate surface area is 136 Å². The van der Waals surface area contributed by atoms with Crippen molar-refractivity contribution >= 4 is 67.6 Å². The molecule has 1 aromatic heterocycles. The van der Waals surface area contributed by atoms with Crippen molar-refractivity contribution in [2.75, 3.05) is 5.32 Å². The summed E-state index contributed by atoms with van der Waals surface area (Å²) in [5.41, 5.74) is 0.821. The Bertz CT molecular complexity index is 652. The van der Waals surface area contributed by atoms with E-state index in [0.717, 1.165) is 13.7 Å². The number of aromatic nitrogens is 1. The molecule has 98 valence electrons. The zero-order chi connectivity index (χ0) is 14.0. The van der Waals surface area contributed by atoms with E-state index in [-0.39, 0.29) is 10.6 Å². The average molecular weight is 453 g/mol. The first-order valence-electron chi connectivity index (χ1n) is 5.08. The van der Waals surface area contributed by atoms with Gasteiger partial charge in [-0.3, -0.25) is 0 Å². The monoisotopic (exact) mass is 452 g/mol. The number of pyridine rings is 1. The van der Waals surface area contributed by atoms with Crippen LogP contribution in [0.1, 0.15) is 10.4 Å². The van der Waals surface area contributed by atoms with Crippen molar-refractivity contribution in [1.29, 1.82) is 0 Å². The third-order valence-corrected chi connectivity index (χ3v) is 4.92. The number of halogens is 3. The highest BCUT2D eigenvalue weighted by Crippen LogP contribution is 2.26.